The van der Waals surface area contributed by atoms with Crippen LogP contribution in [0.5, 0.6) is 0 Å². The maximum absolute atomic E-state index is 12.6. The van der Waals surface area contributed by atoms with Crippen LogP contribution in [0, 0.1) is 5.92 Å². The predicted octanol–water partition coefficient (Wildman–Crippen LogP) is 1.13. The first-order chi connectivity index (χ1) is 12.6. The number of aliphatic hydroxyl groups is 1. The number of nitrogens with two attached hydrogens (primary N) is 1. The average Bonchev–Trinajstić information content (AvgIpc) is 2.98. The van der Waals surface area contributed by atoms with Crippen molar-refractivity contribution in [3.63, 3.8) is 0 Å². The van der Waals surface area contributed by atoms with E-state index in [2.05, 4.69) is 9.36 Å². The number of carbonyl (C=O) groups is 1. The smallest absolute Gasteiger partial charge is 0.283 e. The maximum atomic E-state index is 12.6. The first-order valence-corrected chi connectivity index (χ1v) is 10.3. The van der Waals surface area contributed by atoms with Gasteiger partial charge in [-0.05, 0) is 29.7 Å². The molecule has 0 amide bonds. The lowest BCUT2D eigenvalue weighted by atomic mass is 10.1. The van der Waals surface area contributed by atoms with E-state index in [0.29, 0.717) is 5.57 Å². The van der Waals surface area contributed by atoms with Crippen molar-refractivity contribution < 1.29 is 18.3 Å². The summed E-state index contributed by atoms with van der Waals surface area (Å²) in [6.45, 7) is 3.53. The predicted molar refractivity (Wildman–Crippen MR) is 101 cm³/mol. The van der Waals surface area contributed by atoms with Gasteiger partial charge in [0.2, 0.25) is 25.7 Å². The van der Waals surface area contributed by atoms with Crippen molar-refractivity contribution in [1.82, 2.24) is 13.8 Å². The molecule has 0 radical (unpaired) electrons. The van der Waals surface area contributed by atoms with E-state index in [1.165, 1.54) is 18.2 Å². The number of rotatable bonds is 4. The Bertz CT molecular complexity index is 1200. The number of aromatic nitrogens is 3. The topological polar surface area (TPSA) is 145 Å². The molecule has 0 aromatic carbocycles. The Morgan fingerprint density at radius 2 is 2.04 bits per heavy atom. The zero-order chi connectivity index (χ0) is 19.9. The number of ketones is 1. The number of carbonyl (C=O) groups excluding carboxylic acids is 1. The molecule has 0 aliphatic heterocycles. The first kappa shape index (κ1) is 19.0. The molecule has 1 aliphatic carbocycles. The number of allylic oxidation sites excluding steroid dienone is 4. The molecule has 0 saturated heterocycles. The van der Waals surface area contributed by atoms with Gasteiger partial charge in [-0.3, -0.25) is 9.59 Å². The Morgan fingerprint density at radius 1 is 1.33 bits per heavy atom. The van der Waals surface area contributed by atoms with Gasteiger partial charge in [-0.25, -0.2) is 12.8 Å². The summed E-state index contributed by atoms with van der Waals surface area (Å²) >= 11 is 0.763. The summed E-state index contributed by atoms with van der Waals surface area (Å²) in [5.41, 5.74) is 5.68. The fourth-order valence-electron chi connectivity index (χ4n) is 2.53. The van der Waals surface area contributed by atoms with Gasteiger partial charge in [0.1, 0.15) is 5.82 Å². The largest absolute Gasteiger partial charge is 0.504 e. The van der Waals surface area contributed by atoms with Crippen molar-refractivity contribution >= 4 is 44.0 Å². The summed E-state index contributed by atoms with van der Waals surface area (Å²) in [7, 11) is -3.74. The molecule has 3 rings (SSSR count). The second-order valence-corrected chi connectivity index (χ2v) is 9.00. The van der Waals surface area contributed by atoms with E-state index in [4.69, 9.17) is 5.73 Å². The molecule has 1 aliphatic rings. The Labute approximate surface area is 158 Å². The van der Waals surface area contributed by atoms with Gasteiger partial charge in [-0.15, -0.1) is 0 Å². The average molecular weight is 408 g/mol. The summed E-state index contributed by atoms with van der Waals surface area (Å²) in [6, 6.07) is 0. The molecular formula is C16H16N4O5S2. The highest BCUT2D eigenvalue weighted by atomic mass is 32.2. The molecule has 0 fully saturated rings. The minimum absolute atomic E-state index is 0.0632. The molecule has 2 aromatic rings. The number of sulfone groups is 1. The third kappa shape index (κ3) is 3.55. The van der Waals surface area contributed by atoms with Crippen LogP contribution >= 0.6 is 11.5 Å². The molecule has 3 N–H and O–H groups in total. The summed E-state index contributed by atoms with van der Waals surface area (Å²) in [4.78, 5) is 27.5. The van der Waals surface area contributed by atoms with Crippen LogP contribution in [0.25, 0.3) is 11.0 Å². The van der Waals surface area contributed by atoms with Crippen molar-refractivity contribution in [1.29, 1.82) is 0 Å². The zero-order valence-corrected chi connectivity index (χ0v) is 16.0. The van der Waals surface area contributed by atoms with Crippen LogP contribution in [0.2, 0.25) is 0 Å². The lowest BCUT2D eigenvalue weighted by Gasteiger charge is -2.09. The Hall–Kier alpha value is -2.79. The Balaban J connectivity index is 2.22. The molecule has 2 aromatic heterocycles. The number of hydrogen-bond donors (Lipinski definition) is 2. The first-order valence-electron chi connectivity index (χ1n) is 7.85. The van der Waals surface area contributed by atoms with Gasteiger partial charge < -0.3 is 10.8 Å². The van der Waals surface area contributed by atoms with Gasteiger partial charge in [0.05, 0.1) is 11.3 Å². The van der Waals surface area contributed by atoms with Crippen LogP contribution in [0.15, 0.2) is 39.5 Å². The van der Waals surface area contributed by atoms with Crippen molar-refractivity contribution in [2.45, 2.75) is 19.0 Å². The SMILES string of the molecule is CC(C)CS(=O)(=O)c1nsc2nc(=O)c(/C=C3\C=CC(=O)C(O)=C3)c(N)n12. The third-order valence-electron chi connectivity index (χ3n) is 3.66. The number of fused-ring (bicyclic) bond motifs is 1. The number of nitrogen functional groups attached to an aromatic ring is 1. The second kappa shape index (κ2) is 6.74. The summed E-state index contributed by atoms with van der Waals surface area (Å²) in [5.74, 6) is -1.43. The molecule has 27 heavy (non-hydrogen) atoms. The summed E-state index contributed by atoms with van der Waals surface area (Å²) in [5, 5.41) is 9.27. The molecule has 142 valence electrons. The van der Waals surface area contributed by atoms with E-state index in [0.717, 1.165) is 22.0 Å². The minimum atomic E-state index is -3.74. The van der Waals surface area contributed by atoms with E-state index >= 15 is 0 Å². The quantitative estimate of drug-likeness (QED) is 0.766. The van der Waals surface area contributed by atoms with Gasteiger partial charge in [0.25, 0.3) is 5.56 Å². The van der Waals surface area contributed by atoms with Crippen LogP contribution in [0.3, 0.4) is 0 Å². The second-order valence-electron chi connectivity index (χ2n) is 6.35. The van der Waals surface area contributed by atoms with Crippen molar-refractivity contribution in [2.24, 2.45) is 5.92 Å². The van der Waals surface area contributed by atoms with E-state index in [1.54, 1.807) is 13.8 Å². The highest BCUT2D eigenvalue weighted by Gasteiger charge is 2.26. The normalized spacial score (nSPS) is 16.5. The minimum Gasteiger partial charge on any atom is -0.504 e. The lowest BCUT2D eigenvalue weighted by Crippen LogP contribution is -2.20. The van der Waals surface area contributed by atoms with Crippen LogP contribution < -0.4 is 11.3 Å². The molecule has 9 nitrogen and oxygen atoms in total. The van der Waals surface area contributed by atoms with E-state index in [-0.39, 0.29) is 33.2 Å². The van der Waals surface area contributed by atoms with Crippen molar-refractivity contribution in [3.8, 4) is 0 Å². The monoisotopic (exact) mass is 408 g/mol. The molecule has 0 saturated carbocycles. The highest BCUT2D eigenvalue weighted by molar-refractivity contribution is 7.91. The van der Waals surface area contributed by atoms with Crippen molar-refractivity contribution in [2.75, 3.05) is 11.5 Å². The van der Waals surface area contributed by atoms with Gasteiger partial charge in [0.15, 0.2) is 5.76 Å². The standard InChI is InChI=1S/C16H16N4O5S2/c1-8(2)7-27(24,25)16-19-26-15-18-14(23)10(13(17)20(15)16)5-9-3-4-11(21)12(22)6-9/h3-6,8,22H,7,17H2,1-2H3/b9-5+. The van der Waals surface area contributed by atoms with E-state index < -0.39 is 26.9 Å². The zero-order valence-electron chi connectivity index (χ0n) is 14.4. The lowest BCUT2D eigenvalue weighted by molar-refractivity contribution is -0.113. The number of nitrogens with zero attached hydrogens (tertiary/aromatic N) is 3. The highest BCUT2D eigenvalue weighted by Crippen LogP contribution is 2.23. The Kier molecular flexibility index (Phi) is 4.74. The molecule has 2 heterocycles. The Morgan fingerprint density at radius 3 is 2.67 bits per heavy atom. The van der Waals surface area contributed by atoms with Crippen LogP contribution in [-0.4, -0.2) is 38.8 Å². The van der Waals surface area contributed by atoms with Gasteiger partial charge in [-0.1, -0.05) is 19.9 Å². The molecular weight excluding hydrogens is 392 g/mol. The van der Waals surface area contributed by atoms with E-state index in [1.807, 2.05) is 0 Å². The molecule has 0 spiro atoms. The van der Waals surface area contributed by atoms with Gasteiger partial charge in [-0.2, -0.15) is 9.36 Å². The van der Waals surface area contributed by atoms with E-state index in [9.17, 15) is 23.1 Å². The number of aliphatic hydroxyl groups excluding tert-OH is 1. The third-order valence-corrected chi connectivity index (χ3v) is 6.41. The summed E-state index contributed by atoms with van der Waals surface area (Å²) < 4.78 is 30.3. The summed E-state index contributed by atoms with van der Waals surface area (Å²) in [6.07, 6.45) is 5.05. The van der Waals surface area contributed by atoms with Crippen molar-refractivity contribution in [3.05, 3.63) is 45.5 Å². The van der Waals surface area contributed by atoms with Gasteiger partial charge >= 0.3 is 0 Å². The molecule has 0 atom stereocenters. The molecule has 0 bridgehead atoms. The molecule has 11 heteroatoms. The number of anilines is 1. The number of hydrogen-bond acceptors (Lipinski definition) is 9. The maximum Gasteiger partial charge on any atom is 0.283 e. The van der Waals surface area contributed by atoms with Crippen LogP contribution in [0.1, 0.15) is 19.4 Å². The molecule has 0 unspecified atom stereocenters. The fourth-order valence-corrected chi connectivity index (χ4v) is 5.28. The van der Waals surface area contributed by atoms with Crippen LogP contribution in [-0.2, 0) is 14.6 Å². The van der Waals surface area contributed by atoms with Gasteiger partial charge in [0, 0.05) is 11.5 Å². The fraction of sp³-hybridized carbons (Fsp3) is 0.250. The van der Waals surface area contributed by atoms with Crippen LogP contribution in [0.4, 0.5) is 5.82 Å².